The minimum atomic E-state index is -0.0413. The van der Waals surface area contributed by atoms with Gasteiger partial charge in [0.1, 0.15) is 23.3 Å². The van der Waals surface area contributed by atoms with Gasteiger partial charge in [0.15, 0.2) is 0 Å². The maximum Gasteiger partial charge on any atom is 0.228 e. The first-order valence-corrected chi connectivity index (χ1v) is 12.6. The van der Waals surface area contributed by atoms with E-state index in [4.69, 9.17) is 4.98 Å². The lowest BCUT2D eigenvalue weighted by atomic mass is 9.49. The van der Waals surface area contributed by atoms with Crippen LogP contribution < -0.4 is 10.2 Å². The number of rotatable bonds is 4. The fraction of sp³-hybridized carbons (Fsp3) is 0.615. The molecule has 1 amide bonds. The van der Waals surface area contributed by atoms with Crippen LogP contribution in [0.25, 0.3) is 0 Å². The molecular formula is C26H34N6O. The summed E-state index contributed by atoms with van der Waals surface area (Å²) >= 11 is 0. The molecule has 7 rings (SSSR count). The number of aryl methyl sites for hydroxylation is 2. The lowest BCUT2D eigenvalue weighted by molar-refractivity contribution is -0.158. The third-order valence-corrected chi connectivity index (χ3v) is 8.38. The molecule has 0 radical (unpaired) electrons. The molecule has 4 saturated carbocycles. The van der Waals surface area contributed by atoms with Crippen LogP contribution in [0.3, 0.4) is 0 Å². The van der Waals surface area contributed by atoms with Crippen LogP contribution in [-0.4, -0.2) is 51.9 Å². The van der Waals surface area contributed by atoms with Gasteiger partial charge in [0.05, 0.1) is 5.41 Å². The molecule has 1 saturated heterocycles. The van der Waals surface area contributed by atoms with E-state index in [1.165, 1.54) is 19.3 Å². The van der Waals surface area contributed by atoms with Gasteiger partial charge in [-0.15, -0.1) is 0 Å². The van der Waals surface area contributed by atoms with Crippen LogP contribution in [0.1, 0.15) is 49.9 Å². The molecule has 4 bridgehead atoms. The normalized spacial score (nSPS) is 30.5. The Bertz CT molecular complexity index is 1030. The second-order valence-electron chi connectivity index (χ2n) is 11.0. The van der Waals surface area contributed by atoms with E-state index >= 15 is 0 Å². The Balaban J connectivity index is 1.13. The number of piperazine rings is 1. The first-order valence-electron chi connectivity index (χ1n) is 12.6. The fourth-order valence-corrected chi connectivity index (χ4v) is 7.36. The van der Waals surface area contributed by atoms with E-state index in [9.17, 15) is 4.79 Å². The number of anilines is 3. The molecule has 0 atom stereocenters. The summed E-state index contributed by atoms with van der Waals surface area (Å²) in [4.78, 5) is 31.8. The van der Waals surface area contributed by atoms with Crippen LogP contribution in [0, 0.1) is 37.0 Å². The van der Waals surface area contributed by atoms with Crippen molar-refractivity contribution in [2.75, 3.05) is 36.4 Å². The molecule has 2 aromatic heterocycles. The van der Waals surface area contributed by atoms with Gasteiger partial charge < -0.3 is 15.1 Å². The van der Waals surface area contributed by atoms with Crippen molar-refractivity contribution in [1.29, 1.82) is 0 Å². The molecule has 1 N–H and O–H groups in total. The number of hydrogen-bond donors (Lipinski definition) is 1. The second-order valence-corrected chi connectivity index (χ2v) is 11.0. The maximum absolute atomic E-state index is 13.7. The Morgan fingerprint density at radius 2 is 1.61 bits per heavy atom. The third kappa shape index (κ3) is 3.96. The van der Waals surface area contributed by atoms with Crippen LogP contribution in [-0.2, 0) is 4.79 Å². The van der Waals surface area contributed by atoms with Crippen LogP contribution in [0.5, 0.6) is 0 Å². The maximum atomic E-state index is 13.7. The molecule has 4 aliphatic carbocycles. The van der Waals surface area contributed by atoms with E-state index in [2.05, 4.69) is 25.1 Å². The highest BCUT2D eigenvalue weighted by Crippen LogP contribution is 2.60. The minimum absolute atomic E-state index is 0.0413. The summed E-state index contributed by atoms with van der Waals surface area (Å²) in [6, 6.07) is 5.98. The zero-order valence-electron chi connectivity index (χ0n) is 19.8. The van der Waals surface area contributed by atoms with Gasteiger partial charge in [-0.25, -0.2) is 15.0 Å². The van der Waals surface area contributed by atoms with E-state index in [0.29, 0.717) is 5.91 Å². The van der Waals surface area contributed by atoms with Gasteiger partial charge in [-0.2, -0.15) is 0 Å². The summed E-state index contributed by atoms with van der Waals surface area (Å²) < 4.78 is 0. The Labute approximate surface area is 196 Å². The van der Waals surface area contributed by atoms with Crippen molar-refractivity contribution >= 4 is 23.4 Å². The minimum Gasteiger partial charge on any atom is -0.353 e. The monoisotopic (exact) mass is 446 g/mol. The molecule has 33 heavy (non-hydrogen) atoms. The molecule has 0 aromatic carbocycles. The molecular weight excluding hydrogens is 412 g/mol. The Morgan fingerprint density at radius 1 is 0.939 bits per heavy atom. The molecule has 2 aromatic rings. The third-order valence-electron chi connectivity index (χ3n) is 8.38. The van der Waals surface area contributed by atoms with E-state index < -0.39 is 0 Å². The molecule has 1 aliphatic heterocycles. The number of pyridine rings is 1. The zero-order valence-corrected chi connectivity index (χ0v) is 19.8. The molecule has 5 fully saturated rings. The Hall–Kier alpha value is -2.70. The predicted octanol–water partition coefficient (Wildman–Crippen LogP) is 4.10. The number of amides is 1. The molecule has 174 valence electrons. The highest BCUT2D eigenvalue weighted by Gasteiger charge is 2.55. The number of aromatic nitrogens is 3. The van der Waals surface area contributed by atoms with E-state index in [0.717, 1.165) is 92.0 Å². The number of nitrogens with zero attached hydrogens (tertiary/aromatic N) is 5. The van der Waals surface area contributed by atoms with Gasteiger partial charge >= 0.3 is 0 Å². The van der Waals surface area contributed by atoms with E-state index in [-0.39, 0.29) is 5.41 Å². The van der Waals surface area contributed by atoms with Crippen molar-refractivity contribution in [2.24, 2.45) is 23.2 Å². The van der Waals surface area contributed by atoms with E-state index in [1.54, 1.807) is 6.20 Å². The molecule has 0 unspecified atom stereocenters. The summed E-state index contributed by atoms with van der Waals surface area (Å²) in [5.74, 6) is 6.05. The highest BCUT2D eigenvalue weighted by atomic mass is 16.2. The van der Waals surface area contributed by atoms with E-state index in [1.807, 2.05) is 32.0 Å². The van der Waals surface area contributed by atoms with Crippen molar-refractivity contribution in [3.8, 4) is 0 Å². The second kappa shape index (κ2) is 7.96. The average molecular weight is 447 g/mol. The van der Waals surface area contributed by atoms with Gasteiger partial charge in [-0.1, -0.05) is 0 Å². The number of hydrogen-bond acceptors (Lipinski definition) is 6. The lowest BCUT2D eigenvalue weighted by Crippen LogP contribution is -2.58. The summed E-state index contributed by atoms with van der Waals surface area (Å²) in [7, 11) is 0. The van der Waals surface area contributed by atoms with Gasteiger partial charge in [0, 0.05) is 38.4 Å². The van der Waals surface area contributed by atoms with Crippen LogP contribution >= 0.6 is 0 Å². The van der Waals surface area contributed by atoms with Crippen molar-refractivity contribution in [3.05, 3.63) is 35.8 Å². The van der Waals surface area contributed by atoms with Crippen molar-refractivity contribution in [1.82, 2.24) is 19.9 Å². The van der Waals surface area contributed by atoms with Crippen molar-refractivity contribution in [2.45, 2.75) is 52.4 Å². The number of carbonyl (C=O) groups excluding carboxylic acids is 1. The highest BCUT2D eigenvalue weighted by molar-refractivity contribution is 5.83. The average Bonchev–Trinajstić information content (AvgIpc) is 2.77. The van der Waals surface area contributed by atoms with Gasteiger partial charge in [-0.3, -0.25) is 4.79 Å². The smallest absolute Gasteiger partial charge is 0.228 e. The van der Waals surface area contributed by atoms with Gasteiger partial charge in [-0.05, 0) is 87.8 Å². The molecule has 7 heteroatoms. The first-order chi connectivity index (χ1) is 16.0. The van der Waals surface area contributed by atoms with Crippen molar-refractivity contribution < 1.29 is 4.79 Å². The predicted molar refractivity (Wildman–Crippen MR) is 128 cm³/mol. The summed E-state index contributed by atoms with van der Waals surface area (Å²) in [5.41, 5.74) is 1.11. The fourth-order valence-electron chi connectivity index (χ4n) is 7.36. The summed E-state index contributed by atoms with van der Waals surface area (Å²) in [5, 5.41) is 3.31. The summed E-state index contributed by atoms with van der Waals surface area (Å²) in [6.45, 7) is 7.17. The first kappa shape index (κ1) is 20.9. The van der Waals surface area contributed by atoms with Gasteiger partial charge in [0.25, 0.3) is 0 Å². The van der Waals surface area contributed by atoms with Gasteiger partial charge in [0.2, 0.25) is 5.91 Å². The SMILES string of the molecule is Cc1ccnc(Nc2cc(N3CCN(C(=O)C45CC6CC(CC(C6)C4)C5)CC3)nc(C)n2)c1. The standard InChI is InChI=1S/C26H34N6O/c1-17-3-4-27-22(9-17)30-23-13-24(29-18(2)28-23)31-5-7-32(8-6-31)25(33)26-14-19-10-20(15-26)12-21(11-19)16-26/h3-4,9,13,19-21H,5-8,10-12,14-16H2,1-2H3,(H,27,28,29,30). The Kier molecular flexibility index (Phi) is 5.03. The Morgan fingerprint density at radius 3 is 2.24 bits per heavy atom. The lowest BCUT2D eigenvalue weighted by Gasteiger charge is -2.57. The van der Waals surface area contributed by atoms with Crippen molar-refractivity contribution in [3.63, 3.8) is 0 Å². The van der Waals surface area contributed by atoms with Crippen LogP contribution in [0.15, 0.2) is 24.4 Å². The van der Waals surface area contributed by atoms with Crippen LogP contribution in [0.4, 0.5) is 17.5 Å². The topological polar surface area (TPSA) is 74.2 Å². The van der Waals surface area contributed by atoms with Crippen LogP contribution in [0.2, 0.25) is 0 Å². The molecule has 3 heterocycles. The quantitative estimate of drug-likeness (QED) is 0.762. The zero-order chi connectivity index (χ0) is 22.6. The molecule has 0 spiro atoms. The largest absolute Gasteiger partial charge is 0.353 e. The summed E-state index contributed by atoms with van der Waals surface area (Å²) in [6.07, 6.45) is 9.36. The number of carbonyl (C=O) groups is 1. The molecule has 5 aliphatic rings. The number of nitrogens with one attached hydrogen (secondary N) is 1. The molecule has 7 nitrogen and oxygen atoms in total.